The lowest BCUT2D eigenvalue weighted by Crippen LogP contribution is -2.03. The molecule has 0 atom stereocenters. The van der Waals surface area contributed by atoms with Crippen LogP contribution in [0.1, 0.15) is 16.7 Å². The molecule has 0 amide bonds. The summed E-state index contributed by atoms with van der Waals surface area (Å²) in [6.45, 7) is 2.99. The van der Waals surface area contributed by atoms with Crippen LogP contribution in [0.4, 0.5) is 0 Å². The van der Waals surface area contributed by atoms with Crippen molar-refractivity contribution in [1.29, 1.82) is 0 Å². The van der Waals surface area contributed by atoms with Gasteiger partial charge in [0.15, 0.2) is 0 Å². The molecule has 0 unspecified atom stereocenters. The zero-order valence-corrected chi connectivity index (χ0v) is 11.6. The Morgan fingerprint density at radius 3 is 2.95 bits per heavy atom. The van der Waals surface area contributed by atoms with Gasteiger partial charge in [0.1, 0.15) is 5.75 Å². The van der Waals surface area contributed by atoms with Crippen LogP contribution in [0, 0.1) is 18.8 Å². The highest BCUT2D eigenvalue weighted by Gasteiger charge is 2.02. The highest BCUT2D eigenvalue weighted by atomic mass is 16.5. The standard InChI is InChI=1S/C17H18N2O/c1-14-6-7-17(16(12-14)5-2-9-18)20-11-8-15-4-3-10-19-13-15/h3-4,6-7,10,12-13H,8-9,11,18H2,1H3. The monoisotopic (exact) mass is 266 g/mol. The molecule has 0 aliphatic rings. The van der Waals surface area contributed by atoms with Crippen LogP contribution in [0.3, 0.4) is 0 Å². The van der Waals surface area contributed by atoms with Gasteiger partial charge >= 0.3 is 0 Å². The first-order valence-electron chi connectivity index (χ1n) is 6.61. The highest BCUT2D eigenvalue weighted by Crippen LogP contribution is 2.19. The quantitative estimate of drug-likeness (QED) is 0.864. The zero-order chi connectivity index (χ0) is 14.2. The van der Waals surface area contributed by atoms with Gasteiger partial charge in [0.05, 0.1) is 18.7 Å². The van der Waals surface area contributed by atoms with Crippen LogP contribution in [0.2, 0.25) is 0 Å². The lowest BCUT2D eigenvalue weighted by molar-refractivity contribution is 0.321. The van der Waals surface area contributed by atoms with Crippen molar-refractivity contribution < 1.29 is 4.74 Å². The lowest BCUT2D eigenvalue weighted by Gasteiger charge is -2.09. The molecule has 0 radical (unpaired) electrons. The summed E-state index contributed by atoms with van der Waals surface area (Å²) in [6, 6.07) is 9.97. The summed E-state index contributed by atoms with van der Waals surface area (Å²) in [5.74, 6) is 6.72. The van der Waals surface area contributed by atoms with Crippen molar-refractivity contribution in [2.45, 2.75) is 13.3 Å². The molecule has 1 aromatic carbocycles. The van der Waals surface area contributed by atoms with Crippen LogP contribution in [0.15, 0.2) is 42.7 Å². The minimum absolute atomic E-state index is 0.350. The third-order valence-electron chi connectivity index (χ3n) is 2.83. The largest absolute Gasteiger partial charge is 0.492 e. The van der Waals surface area contributed by atoms with Crippen molar-refractivity contribution in [2.24, 2.45) is 5.73 Å². The van der Waals surface area contributed by atoms with E-state index >= 15 is 0 Å². The number of ether oxygens (including phenoxy) is 1. The molecule has 3 heteroatoms. The van der Waals surface area contributed by atoms with Gasteiger partial charge in [-0.1, -0.05) is 24.0 Å². The van der Waals surface area contributed by atoms with Crippen LogP contribution >= 0.6 is 0 Å². The maximum atomic E-state index is 5.82. The lowest BCUT2D eigenvalue weighted by atomic mass is 10.1. The summed E-state index contributed by atoms with van der Waals surface area (Å²) in [7, 11) is 0. The van der Waals surface area contributed by atoms with E-state index in [1.54, 1.807) is 6.20 Å². The minimum Gasteiger partial charge on any atom is -0.492 e. The number of hydrogen-bond donors (Lipinski definition) is 1. The van der Waals surface area contributed by atoms with Crippen molar-refractivity contribution in [1.82, 2.24) is 4.98 Å². The van der Waals surface area contributed by atoms with Crippen molar-refractivity contribution in [3.05, 3.63) is 59.4 Å². The molecule has 1 heterocycles. The van der Waals surface area contributed by atoms with Gasteiger partial charge < -0.3 is 10.5 Å². The molecular weight excluding hydrogens is 248 g/mol. The predicted octanol–water partition coefficient (Wildman–Crippen LogP) is 2.32. The second kappa shape index (κ2) is 7.32. The Morgan fingerprint density at radius 1 is 1.30 bits per heavy atom. The van der Waals surface area contributed by atoms with Gasteiger partial charge in [-0.3, -0.25) is 4.98 Å². The molecule has 3 nitrogen and oxygen atoms in total. The second-order valence-electron chi connectivity index (χ2n) is 4.47. The Morgan fingerprint density at radius 2 is 2.20 bits per heavy atom. The van der Waals surface area contributed by atoms with Gasteiger partial charge in [0.25, 0.3) is 0 Å². The van der Waals surface area contributed by atoms with Gasteiger partial charge in [0, 0.05) is 18.8 Å². The minimum atomic E-state index is 0.350. The molecule has 0 bridgehead atoms. The molecule has 20 heavy (non-hydrogen) atoms. The Balaban J connectivity index is 2.02. The van der Waals surface area contributed by atoms with E-state index in [0.29, 0.717) is 13.2 Å². The maximum absolute atomic E-state index is 5.82. The first-order chi connectivity index (χ1) is 9.79. The number of rotatable bonds is 4. The Hall–Kier alpha value is -2.31. The topological polar surface area (TPSA) is 48.1 Å². The Kier molecular flexibility index (Phi) is 5.16. The number of benzene rings is 1. The molecule has 0 aliphatic carbocycles. The molecule has 0 saturated heterocycles. The average molecular weight is 266 g/mol. The third kappa shape index (κ3) is 4.11. The predicted molar refractivity (Wildman–Crippen MR) is 80.5 cm³/mol. The van der Waals surface area contributed by atoms with E-state index in [1.165, 1.54) is 0 Å². The third-order valence-corrected chi connectivity index (χ3v) is 2.83. The average Bonchev–Trinajstić information content (AvgIpc) is 2.48. The van der Waals surface area contributed by atoms with Crippen LogP contribution in [-0.4, -0.2) is 18.1 Å². The van der Waals surface area contributed by atoms with Crippen LogP contribution in [0.5, 0.6) is 5.75 Å². The Bertz CT molecular complexity index is 612. The normalized spacial score (nSPS) is 9.70. The number of pyridine rings is 1. The van der Waals surface area contributed by atoms with Gasteiger partial charge in [-0.15, -0.1) is 0 Å². The number of nitrogens with zero attached hydrogens (tertiary/aromatic N) is 1. The summed E-state index contributed by atoms with van der Waals surface area (Å²) >= 11 is 0. The van der Waals surface area contributed by atoms with Gasteiger partial charge in [-0.25, -0.2) is 0 Å². The number of aryl methyl sites for hydroxylation is 1. The van der Waals surface area contributed by atoms with E-state index in [9.17, 15) is 0 Å². The van der Waals surface area contributed by atoms with Crippen molar-refractivity contribution >= 4 is 0 Å². The SMILES string of the molecule is Cc1ccc(OCCc2cccnc2)c(C#CCN)c1. The molecule has 0 fully saturated rings. The number of aromatic nitrogens is 1. The van der Waals surface area contributed by atoms with Crippen LogP contribution in [-0.2, 0) is 6.42 Å². The number of hydrogen-bond acceptors (Lipinski definition) is 3. The van der Waals surface area contributed by atoms with Crippen molar-refractivity contribution in [2.75, 3.05) is 13.2 Å². The Labute approximate surface area is 119 Å². The smallest absolute Gasteiger partial charge is 0.134 e. The molecule has 0 saturated carbocycles. The van der Waals surface area contributed by atoms with Crippen molar-refractivity contribution in [3.8, 4) is 17.6 Å². The molecular formula is C17H18N2O. The molecule has 2 aromatic rings. The molecule has 102 valence electrons. The first-order valence-corrected chi connectivity index (χ1v) is 6.61. The van der Waals surface area contributed by atoms with E-state index in [4.69, 9.17) is 10.5 Å². The van der Waals surface area contributed by atoms with Crippen LogP contribution in [0.25, 0.3) is 0 Å². The van der Waals surface area contributed by atoms with E-state index < -0.39 is 0 Å². The summed E-state index contributed by atoms with van der Waals surface area (Å²) in [5.41, 5.74) is 8.63. The fourth-order valence-corrected chi connectivity index (χ4v) is 1.84. The van der Waals surface area contributed by atoms with Crippen molar-refractivity contribution in [3.63, 3.8) is 0 Å². The molecule has 1 aromatic heterocycles. The van der Waals surface area contributed by atoms with E-state index in [0.717, 1.165) is 28.9 Å². The first kappa shape index (κ1) is 14.1. The van der Waals surface area contributed by atoms with Gasteiger partial charge in [0.2, 0.25) is 0 Å². The van der Waals surface area contributed by atoms with Gasteiger partial charge in [-0.05, 0) is 36.2 Å². The van der Waals surface area contributed by atoms with Gasteiger partial charge in [-0.2, -0.15) is 0 Å². The van der Waals surface area contributed by atoms with E-state index in [2.05, 4.69) is 16.8 Å². The van der Waals surface area contributed by atoms with E-state index in [1.807, 2.05) is 43.5 Å². The number of nitrogens with two attached hydrogens (primary N) is 1. The zero-order valence-electron chi connectivity index (χ0n) is 11.6. The van der Waals surface area contributed by atoms with E-state index in [-0.39, 0.29) is 0 Å². The fourth-order valence-electron chi connectivity index (χ4n) is 1.84. The maximum Gasteiger partial charge on any atom is 0.134 e. The molecule has 2 N–H and O–H groups in total. The summed E-state index contributed by atoms with van der Waals surface area (Å²) in [6.07, 6.45) is 4.45. The summed E-state index contributed by atoms with van der Waals surface area (Å²) < 4.78 is 5.82. The van der Waals surface area contributed by atoms with Crippen LogP contribution < -0.4 is 10.5 Å². The molecule has 2 rings (SSSR count). The fraction of sp³-hybridized carbons (Fsp3) is 0.235. The summed E-state index contributed by atoms with van der Waals surface area (Å²) in [5, 5.41) is 0. The highest BCUT2D eigenvalue weighted by molar-refractivity contribution is 5.48. The second-order valence-corrected chi connectivity index (χ2v) is 4.47. The summed E-state index contributed by atoms with van der Waals surface area (Å²) in [4.78, 5) is 4.09. The molecule has 0 aliphatic heterocycles. The molecule has 0 spiro atoms.